The third-order valence-corrected chi connectivity index (χ3v) is 2.33. The fourth-order valence-corrected chi connectivity index (χ4v) is 1.34. The van der Waals surface area contributed by atoms with E-state index in [2.05, 4.69) is 17.0 Å². The van der Waals surface area contributed by atoms with E-state index in [0.717, 1.165) is 0 Å². The first-order valence-electron chi connectivity index (χ1n) is 4.96. The summed E-state index contributed by atoms with van der Waals surface area (Å²) in [6.07, 6.45) is 1.64. The normalized spacial score (nSPS) is 12.3. The van der Waals surface area contributed by atoms with Crippen LogP contribution in [0.5, 0.6) is 0 Å². The first-order chi connectivity index (χ1) is 7.74. The van der Waals surface area contributed by atoms with E-state index in [1.807, 2.05) is 25.1 Å². The van der Waals surface area contributed by atoms with Gasteiger partial charge in [-0.15, -0.1) is 6.58 Å². The Morgan fingerprint density at radius 3 is 2.62 bits per heavy atom. The monoisotopic (exact) mass is 216 g/mol. The Hall–Kier alpha value is -2.17. The Bertz CT molecular complexity index is 541. The maximum absolute atomic E-state index is 11.9. The van der Waals surface area contributed by atoms with Crippen molar-refractivity contribution in [1.29, 1.82) is 0 Å². The average Bonchev–Trinajstić information content (AvgIpc) is 2.71. The van der Waals surface area contributed by atoms with Gasteiger partial charge in [0.2, 0.25) is 0 Å². The van der Waals surface area contributed by atoms with E-state index < -0.39 is 0 Å². The third-order valence-electron chi connectivity index (χ3n) is 2.33. The number of aromatic nitrogens is 4. The lowest BCUT2D eigenvalue weighted by Gasteiger charge is -2.01. The Balaban J connectivity index is 2.50. The highest BCUT2D eigenvalue weighted by atomic mass is 16.2. The fraction of sp³-hybridized carbons (Fsp3) is 0.182. The number of nitrogens with zero attached hydrogens (tertiary/aromatic N) is 4. The lowest BCUT2D eigenvalue weighted by atomic mass is 10.3. The van der Waals surface area contributed by atoms with Crippen molar-refractivity contribution in [2.24, 2.45) is 0 Å². The molecule has 1 heterocycles. The van der Waals surface area contributed by atoms with Crippen LogP contribution in [0, 0.1) is 0 Å². The summed E-state index contributed by atoms with van der Waals surface area (Å²) in [7, 11) is 0. The number of allylic oxidation sites excluding steroid dienone is 1. The van der Waals surface area contributed by atoms with Gasteiger partial charge in [-0.05, 0) is 29.5 Å². The van der Waals surface area contributed by atoms with Gasteiger partial charge in [-0.2, -0.15) is 9.36 Å². The van der Waals surface area contributed by atoms with Crippen LogP contribution in [0.1, 0.15) is 13.0 Å². The van der Waals surface area contributed by atoms with Crippen molar-refractivity contribution < 1.29 is 0 Å². The smallest absolute Gasteiger partial charge is 0.244 e. The molecule has 0 fully saturated rings. The predicted molar refractivity (Wildman–Crippen MR) is 60.5 cm³/mol. The molecule has 0 saturated carbocycles. The lowest BCUT2D eigenvalue weighted by molar-refractivity contribution is 0.543. The van der Waals surface area contributed by atoms with E-state index in [0.29, 0.717) is 5.69 Å². The van der Waals surface area contributed by atoms with Crippen LogP contribution in [-0.4, -0.2) is 19.8 Å². The second-order valence-corrected chi connectivity index (χ2v) is 3.43. The van der Waals surface area contributed by atoms with Crippen molar-refractivity contribution in [3.05, 3.63) is 53.5 Å². The van der Waals surface area contributed by atoms with Crippen LogP contribution in [0.15, 0.2) is 47.8 Å². The number of para-hydroxylation sites is 1. The molecule has 5 nitrogen and oxygen atoms in total. The minimum absolute atomic E-state index is 0.162. The number of tetrazole rings is 1. The molecule has 82 valence electrons. The van der Waals surface area contributed by atoms with Crippen molar-refractivity contribution in [3.63, 3.8) is 0 Å². The molecule has 1 aromatic heterocycles. The van der Waals surface area contributed by atoms with Gasteiger partial charge in [-0.25, -0.2) is 4.79 Å². The van der Waals surface area contributed by atoms with Gasteiger partial charge in [0, 0.05) is 0 Å². The van der Waals surface area contributed by atoms with Gasteiger partial charge in [-0.1, -0.05) is 24.3 Å². The van der Waals surface area contributed by atoms with Crippen LogP contribution in [0.2, 0.25) is 0 Å². The minimum atomic E-state index is -0.265. The zero-order valence-corrected chi connectivity index (χ0v) is 8.95. The molecule has 1 atom stereocenters. The molecular formula is C11H12N4O. The number of rotatable bonds is 3. The predicted octanol–water partition coefficient (Wildman–Crippen LogP) is 1.18. The summed E-state index contributed by atoms with van der Waals surface area (Å²) >= 11 is 0. The summed E-state index contributed by atoms with van der Waals surface area (Å²) in [5.41, 5.74) is 0.439. The molecule has 5 heteroatoms. The highest BCUT2D eigenvalue weighted by Crippen LogP contribution is 2.03. The molecule has 0 radical (unpaired) electrons. The molecule has 0 spiro atoms. The summed E-state index contributed by atoms with van der Waals surface area (Å²) in [6.45, 7) is 5.46. The van der Waals surface area contributed by atoms with Crippen molar-refractivity contribution in [2.45, 2.75) is 13.0 Å². The van der Waals surface area contributed by atoms with Crippen LogP contribution >= 0.6 is 0 Å². The zero-order chi connectivity index (χ0) is 11.5. The maximum Gasteiger partial charge on any atom is 0.369 e. The average molecular weight is 216 g/mol. The molecular weight excluding hydrogens is 204 g/mol. The second-order valence-electron chi connectivity index (χ2n) is 3.43. The van der Waals surface area contributed by atoms with Gasteiger partial charge in [0.25, 0.3) is 0 Å². The summed E-state index contributed by atoms with van der Waals surface area (Å²) in [6, 6.07) is 9.02. The summed E-state index contributed by atoms with van der Waals surface area (Å²) in [5, 5.41) is 7.63. The van der Waals surface area contributed by atoms with E-state index in [9.17, 15) is 4.79 Å². The van der Waals surface area contributed by atoms with E-state index >= 15 is 0 Å². The van der Waals surface area contributed by atoms with E-state index in [1.54, 1.807) is 18.2 Å². The Morgan fingerprint density at radius 2 is 2.00 bits per heavy atom. The first-order valence-corrected chi connectivity index (χ1v) is 4.96. The van der Waals surface area contributed by atoms with E-state index in [-0.39, 0.29) is 11.7 Å². The molecule has 0 amide bonds. The van der Waals surface area contributed by atoms with Crippen molar-refractivity contribution in [3.8, 4) is 5.69 Å². The molecule has 0 saturated heterocycles. The summed E-state index contributed by atoms with van der Waals surface area (Å²) in [5.74, 6) is 0. The molecule has 0 aliphatic rings. The first kappa shape index (κ1) is 10.4. The van der Waals surface area contributed by atoms with Crippen LogP contribution in [0.3, 0.4) is 0 Å². The fourth-order valence-electron chi connectivity index (χ4n) is 1.34. The van der Waals surface area contributed by atoms with Gasteiger partial charge >= 0.3 is 5.69 Å². The van der Waals surface area contributed by atoms with Crippen LogP contribution in [-0.2, 0) is 0 Å². The SMILES string of the molecule is C=CC(C)n1nnn(-c2ccccc2)c1=O. The minimum Gasteiger partial charge on any atom is -0.244 e. The molecule has 0 bridgehead atoms. The maximum atomic E-state index is 11.9. The van der Waals surface area contributed by atoms with Gasteiger partial charge < -0.3 is 0 Å². The van der Waals surface area contributed by atoms with Crippen molar-refractivity contribution in [2.75, 3.05) is 0 Å². The zero-order valence-electron chi connectivity index (χ0n) is 8.95. The van der Waals surface area contributed by atoms with Crippen LogP contribution in [0.4, 0.5) is 0 Å². The van der Waals surface area contributed by atoms with Crippen molar-refractivity contribution >= 4 is 0 Å². The van der Waals surface area contributed by atoms with Crippen LogP contribution < -0.4 is 5.69 Å². The van der Waals surface area contributed by atoms with Gasteiger partial charge in [-0.3, -0.25) is 0 Å². The molecule has 2 rings (SSSR count). The van der Waals surface area contributed by atoms with Crippen molar-refractivity contribution in [1.82, 2.24) is 19.8 Å². The molecule has 0 N–H and O–H groups in total. The summed E-state index contributed by atoms with van der Waals surface area (Å²) < 4.78 is 2.56. The summed E-state index contributed by atoms with van der Waals surface area (Å²) in [4.78, 5) is 11.9. The quantitative estimate of drug-likeness (QED) is 0.724. The third kappa shape index (κ3) is 1.67. The van der Waals surface area contributed by atoms with E-state index in [4.69, 9.17) is 0 Å². The molecule has 1 aromatic carbocycles. The Kier molecular flexibility index (Phi) is 2.68. The van der Waals surface area contributed by atoms with E-state index in [1.165, 1.54) is 9.36 Å². The standard InChI is InChI=1S/C11H12N4O/c1-3-9(2)14-11(16)15(13-12-14)10-7-5-4-6-8-10/h3-9H,1H2,2H3. The number of hydrogen-bond donors (Lipinski definition) is 0. The van der Waals surface area contributed by atoms with Gasteiger partial charge in [0.05, 0.1) is 11.7 Å². The van der Waals surface area contributed by atoms with Gasteiger partial charge in [0.15, 0.2) is 0 Å². The van der Waals surface area contributed by atoms with Crippen LogP contribution in [0.25, 0.3) is 5.69 Å². The molecule has 0 aliphatic carbocycles. The molecule has 1 unspecified atom stereocenters. The molecule has 0 aliphatic heterocycles. The highest BCUT2D eigenvalue weighted by Gasteiger charge is 2.11. The number of hydrogen-bond acceptors (Lipinski definition) is 3. The largest absolute Gasteiger partial charge is 0.369 e. The highest BCUT2D eigenvalue weighted by molar-refractivity contribution is 5.28. The topological polar surface area (TPSA) is 52.7 Å². The number of benzene rings is 1. The Morgan fingerprint density at radius 1 is 1.31 bits per heavy atom. The lowest BCUT2D eigenvalue weighted by Crippen LogP contribution is -2.25. The molecule has 2 aromatic rings. The second kappa shape index (κ2) is 4.14. The van der Waals surface area contributed by atoms with Gasteiger partial charge in [0.1, 0.15) is 0 Å². The Labute approximate surface area is 92.6 Å². The molecule has 16 heavy (non-hydrogen) atoms.